The Hall–Kier alpha value is -1.85. The smallest absolute Gasteiger partial charge is 0.130 e. The van der Waals surface area contributed by atoms with E-state index in [0.29, 0.717) is 11.1 Å². The molecule has 5 heteroatoms. The molecule has 1 aromatic carbocycles. The number of benzene rings is 1. The Morgan fingerprint density at radius 1 is 1.33 bits per heavy atom. The number of hydrogen-bond acceptors (Lipinski definition) is 3. The van der Waals surface area contributed by atoms with Gasteiger partial charge in [-0.15, -0.1) is 0 Å². The van der Waals surface area contributed by atoms with E-state index in [9.17, 15) is 8.78 Å². The lowest BCUT2D eigenvalue weighted by molar-refractivity contribution is 0.426. The number of aryl methyl sites for hydroxylation is 2. The van der Waals surface area contributed by atoms with Crippen molar-refractivity contribution in [2.24, 2.45) is 5.84 Å². The van der Waals surface area contributed by atoms with Crippen LogP contribution in [0, 0.1) is 18.6 Å². The fourth-order valence-electron chi connectivity index (χ4n) is 3.11. The minimum Gasteiger partial charge on any atom is -0.271 e. The molecular formula is C16H17F2N3. The van der Waals surface area contributed by atoms with Crippen LogP contribution in [0.2, 0.25) is 0 Å². The number of nitrogens with zero attached hydrogens (tertiary/aromatic N) is 1. The van der Waals surface area contributed by atoms with Crippen LogP contribution in [0.1, 0.15) is 40.8 Å². The molecule has 0 radical (unpaired) electrons. The van der Waals surface area contributed by atoms with Crippen LogP contribution in [0.25, 0.3) is 0 Å². The fourth-order valence-corrected chi connectivity index (χ4v) is 3.11. The van der Waals surface area contributed by atoms with Crippen LogP contribution in [0.3, 0.4) is 0 Å². The van der Waals surface area contributed by atoms with Crippen LogP contribution in [0.5, 0.6) is 0 Å². The van der Waals surface area contributed by atoms with Crippen molar-refractivity contribution in [1.29, 1.82) is 0 Å². The highest BCUT2D eigenvalue weighted by Gasteiger charge is 2.33. The molecule has 0 spiro atoms. The van der Waals surface area contributed by atoms with Gasteiger partial charge in [-0.1, -0.05) is 6.07 Å². The summed E-state index contributed by atoms with van der Waals surface area (Å²) in [5.74, 6) is 4.53. The molecular weight excluding hydrogens is 272 g/mol. The summed E-state index contributed by atoms with van der Waals surface area (Å²) in [4.78, 5) is 4.41. The first-order valence-corrected chi connectivity index (χ1v) is 6.97. The number of fused-ring (bicyclic) bond motifs is 1. The average molecular weight is 289 g/mol. The predicted octanol–water partition coefficient (Wildman–Crippen LogP) is 2.90. The monoisotopic (exact) mass is 289 g/mol. The Morgan fingerprint density at radius 3 is 2.90 bits per heavy atom. The molecule has 0 saturated heterocycles. The summed E-state index contributed by atoms with van der Waals surface area (Å²) >= 11 is 0. The quantitative estimate of drug-likeness (QED) is 0.675. The Kier molecular flexibility index (Phi) is 3.69. The van der Waals surface area contributed by atoms with Gasteiger partial charge in [0.25, 0.3) is 0 Å². The molecule has 0 amide bonds. The number of hydrazine groups is 1. The van der Waals surface area contributed by atoms with Gasteiger partial charge in [-0.2, -0.15) is 0 Å². The molecule has 1 heterocycles. The Labute approximate surface area is 122 Å². The van der Waals surface area contributed by atoms with E-state index in [1.54, 1.807) is 13.1 Å². The van der Waals surface area contributed by atoms with Gasteiger partial charge in [0.05, 0.1) is 6.04 Å². The summed E-state index contributed by atoms with van der Waals surface area (Å²) in [6.45, 7) is 1.62. The topological polar surface area (TPSA) is 50.9 Å². The molecule has 0 bridgehead atoms. The summed E-state index contributed by atoms with van der Waals surface area (Å²) in [6, 6.07) is 5.96. The number of rotatable bonds is 3. The maximum atomic E-state index is 14.1. The molecule has 2 aromatic rings. The average Bonchev–Trinajstić information content (AvgIpc) is 2.89. The number of halogens is 2. The molecule has 1 aliphatic rings. The third-order valence-corrected chi connectivity index (χ3v) is 4.20. The van der Waals surface area contributed by atoms with Crippen LogP contribution in [-0.4, -0.2) is 4.98 Å². The number of pyridine rings is 1. The first-order chi connectivity index (χ1) is 10.1. The Morgan fingerprint density at radius 2 is 2.14 bits per heavy atom. The fraction of sp³-hybridized carbons (Fsp3) is 0.312. The zero-order chi connectivity index (χ0) is 15.0. The summed E-state index contributed by atoms with van der Waals surface area (Å²) < 4.78 is 27.6. The van der Waals surface area contributed by atoms with Crippen LogP contribution >= 0.6 is 0 Å². The maximum absolute atomic E-state index is 14.1. The van der Waals surface area contributed by atoms with E-state index in [2.05, 4.69) is 10.4 Å². The molecule has 110 valence electrons. The number of nitrogens with one attached hydrogen (secondary N) is 1. The molecule has 2 atom stereocenters. The Bertz CT molecular complexity index is 673. The zero-order valence-corrected chi connectivity index (χ0v) is 11.7. The SMILES string of the molecule is Cc1cc(C(NN)C2CCc3cccnc32)c(F)cc1F. The normalized spacial score (nSPS) is 18.6. The second-order valence-corrected chi connectivity index (χ2v) is 5.46. The van der Waals surface area contributed by atoms with Crippen molar-refractivity contribution in [2.75, 3.05) is 0 Å². The summed E-state index contributed by atoms with van der Waals surface area (Å²) in [5.41, 5.74) is 5.60. The largest absolute Gasteiger partial charge is 0.271 e. The summed E-state index contributed by atoms with van der Waals surface area (Å²) in [6.07, 6.45) is 3.47. The Balaban J connectivity index is 2.03. The van der Waals surface area contributed by atoms with Gasteiger partial charge in [-0.3, -0.25) is 16.3 Å². The van der Waals surface area contributed by atoms with Crippen molar-refractivity contribution >= 4 is 0 Å². The predicted molar refractivity (Wildman–Crippen MR) is 76.5 cm³/mol. The lowest BCUT2D eigenvalue weighted by Crippen LogP contribution is -2.33. The van der Waals surface area contributed by atoms with Gasteiger partial charge in [-0.25, -0.2) is 8.78 Å². The van der Waals surface area contributed by atoms with Crippen molar-refractivity contribution in [3.05, 3.63) is 64.5 Å². The lowest BCUT2D eigenvalue weighted by Gasteiger charge is -2.24. The van der Waals surface area contributed by atoms with Gasteiger partial charge in [0.2, 0.25) is 0 Å². The zero-order valence-electron chi connectivity index (χ0n) is 11.7. The van der Waals surface area contributed by atoms with Crippen LogP contribution in [0.15, 0.2) is 30.5 Å². The van der Waals surface area contributed by atoms with Gasteiger partial charge >= 0.3 is 0 Å². The molecule has 0 fully saturated rings. The van der Waals surface area contributed by atoms with E-state index in [-0.39, 0.29) is 5.92 Å². The minimum atomic E-state index is -0.578. The van der Waals surface area contributed by atoms with Gasteiger partial charge in [-0.05, 0) is 43.0 Å². The first kappa shape index (κ1) is 14.1. The third-order valence-electron chi connectivity index (χ3n) is 4.20. The standard InChI is InChI=1S/C16H17F2N3/c1-9-7-12(14(18)8-13(9)17)16(21-19)11-5-4-10-3-2-6-20-15(10)11/h2-3,6-8,11,16,21H,4-5,19H2,1H3. The van der Waals surface area contributed by atoms with Crippen molar-refractivity contribution in [3.8, 4) is 0 Å². The second kappa shape index (κ2) is 5.50. The van der Waals surface area contributed by atoms with E-state index in [0.717, 1.165) is 24.6 Å². The van der Waals surface area contributed by atoms with E-state index >= 15 is 0 Å². The molecule has 3 N–H and O–H groups in total. The van der Waals surface area contributed by atoms with Gasteiger partial charge in [0.15, 0.2) is 0 Å². The molecule has 0 saturated carbocycles. The molecule has 3 nitrogen and oxygen atoms in total. The first-order valence-electron chi connectivity index (χ1n) is 6.97. The van der Waals surface area contributed by atoms with Crippen LogP contribution in [0.4, 0.5) is 8.78 Å². The summed E-state index contributed by atoms with van der Waals surface area (Å²) in [7, 11) is 0. The molecule has 3 rings (SSSR count). The highest BCUT2D eigenvalue weighted by molar-refractivity contribution is 5.35. The highest BCUT2D eigenvalue weighted by Crippen LogP contribution is 2.41. The molecule has 1 aromatic heterocycles. The third kappa shape index (κ3) is 2.43. The van der Waals surface area contributed by atoms with E-state index in [1.807, 2.05) is 12.1 Å². The van der Waals surface area contributed by atoms with Crippen molar-refractivity contribution in [3.63, 3.8) is 0 Å². The van der Waals surface area contributed by atoms with Crippen LogP contribution < -0.4 is 11.3 Å². The van der Waals surface area contributed by atoms with Crippen LogP contribution in [-0.2, 0) is 6.42 Å². The van der Waals surface area contributed by atoms with E-state index in [1.165, 1.54) is 11.6 Å². The molecule has 0 aliphatic heterocycles. The van der Waals surface area contributed by atoms with E-state index in [4.69, 9.17) is 5.84 Å². The van der Waals surface area contributed by atoms with Crippen molar-refractivity contribution in [2.45, 2.75) is 31.7 Å². The van der Waals surface area contributed by atoms with Gasteiger partial charge in [0.1, 0.15) is 11.6 Å². The lowest BCUT2D eigenvalue weighted by atomic mass is 9.90. The highest BCUT2D eigenvalue weighted by atomic mass is 19.1. The van der Waals surface area contributed by atoms with Crippen molar-refractivity contribution in [1.82, 2.24) is 10.4 Å². The van der Waals surface area contributed by atoms with E-state index < -0.39 is 17.7 Å². The number of aromatic nitrogens is 1. The number of hydrogen-bond donors (Lipinski definition) is 2. The summed E-state index contributed by atoms with van der Waals surface area (Å²) in [5, 5.41) is 0. The molecule has 2 unspecified atom stereocenters. The number of nitrogens with two attached hydrogens (primary N) is 1. The van der Waals surface area contributed by atoms with Gasteiger partial charge in [0, 0.05) is 29.4 Å². The second-order valence-electron chi connectivity index (χ2n) is 5.46. The van der Waals surface area contributed by atoms with Gasteiger partial charge < -0.3 is 0 Å². The minimum absolute atomic E-state index is 0.00874. The van der Waals surface area contributed by atoms with Crippen molar-refractivity contribution < 1.29 is 8.78 Å². The molecule has 1 aliphatic carbocycles. The maximum Gasteiger partial charge on any atom is 0.130 e. The molecule has 21 heavy (non-hydrogen) atoms.